The van der Waals surface area contributed by atoms with Crippen LogP contribution in [0.3, 0.4) is 0 Å². The third-order valence-corrected chi connectivity index (χ3v) is 6.16. The maximum atomic E-state index is 13.0. The van der Waals surface area contributed by atoms with Gasteiger partial charge in [0, 0.05) is 24.8 Å². The highest BCUT2D eigenvalue weighted by Gasteiger charge is 2.37. The number of sulfonamides is 1. The molecular formula is C17H23N3O3S. The molecular weight excluding hydrogens is 326 g/mol. The van der Waals surface area contributed by atoms with Gasteiger partial charge >= 0.3 is 0 Å². The summed E-state index contributed by atoms with van der Waals surface area (Å²) in [4.78, 5) is 4.11. The number of rotatable bonds is 4. The largest absolute Gasteiger partial charge is 0.370 e. The summed E-state index contributed by atoms with van der Waals surface area (Å²) in [5.74, 6) is 0. The van der Waals surface area contributed by atoms with Crippen molar-refractivity contribution >= 4 is 10.0 Å². The van der Waals surface area contributed by atoms with Crippen LogP contribution in [0.25, 0.3) is 0 Å². The summed E-state index contributed by atoms with van der Waals surface area (Å²) in [6.45, 7) is 6.49. The van der Waals surface area contributed by atoms with Crippen molar-refractivity contribution in [1.82, 2.24) is 13.9 Å². The topological polar surface area (TPSA) is 64.4 Å². The Kier molecular flexibility index (Phi) is 4.76. The van der Waals surface area contributed by atoms with E-state index in [2.05, 4.69) is 4.98 Å². The lowest BCUT2D eigenvalue weighted by Gasteiger charge is -2.36. The monoisotopic (exact) mass is 349 g/mol. The molecule has 2 atom stereocenters. The van der Waals surface area contributed by atoms with E-state index in [0.717, 1.165) is 5.56 Å². The van der Waals surface area contributed by atoms with Gasteiger partial charge in [-0.05, 0) is 26.3 Å². The molecule has 1 aliphatic rings. The molecule has 2 unspecified atom stereocenters. The molecule has 0 N–H and O–H groups in total. The van der Waals surface area contributed by atoms with E-state index in [0.29, 0.717) is 13.2 Å². The number of hydrogen-bond donors (Lipinski definition) is 0. The van der Waals surface area contributed by atoms with Crippen LogP contribution < -0.4 is 0 Å². The summed E-state index contributed by atoms with van der Waals surface area (Å²) in [5.41, 5.74) is 0.984. The van der Waals surface area contributed by atoms with Crippen LogP contribution >= 0.6 is 0 Å². The Hall–Kier alpha value is -1.70. The second-order valence-corrected chi connectivity index (χ2v) is 8.25. The summed E-state index contributed by atoms with van der Waals surface area (Å²) in [5, 5.41) is 0.0942. The molecule has 1 aromatic carbocycles. The van der Waals surface area contributed by atoms with Gasteiger partial charge in [-0.2, -0.15) is 4.31 Å². The van der Waals surface area contributed by atoms with Crippen LogP contribution in [-0.2, 0) is 14.8 Å². The molecule has 1 aromatic heterocycles. The summed E-state index contributed by atoms with van der Waals surface area (Å²) in [6.07, 6.45) is 2.90. The average Bonchev–Trinajstić information content (AvgIpc) is 3.07. The fourth-order valence-corrected chi connectivity index (χ4v) is 4.33. The molecule has 0 amide bonds. The Morgan fingerprint density at radius 3 is 2.58 bits per heavy atom. The van der Waals surface area contributed by atoms with E-state index in [4.69, 9.17) is 4.74 Å². The predicted octanol–water partition coefficient (Wildman–Crippen LogP) is 2.61. The van der Waals surface area contributed by atoms with Crippen molar-refractivity contribution in [3.63, 3.8) is 0 Å². The highest BCUT2D eigenvalue weighted by Crippen LogP contribution is 2.29. The van der Waals surface area contributed by atoms with Crippen molar-refractivity contribution in [2.75, 3.05) is 13.2 Å². The van der Waals surface area contributed by atoms with E-state index in [9.17, 15) is 8.42 Å². The lowest BCUT2D eigenvalue weighted by Crippen LogP contribution is -2.48. The standard InChI is InChI=1S/C17H23N3O3S/c1-13(2)19-10-17(18-12-19)24(21,22)20-9-16(23-11-14(20)3)15-7-5-4-6-8-15/h4-8,10,12-14,16H,9,11H2,1-3H3. The first-order chi connectivity index (χ1) is 11.4. The summed E-state index contributed by atoms with van der Waals surface area (Å²) < 4.78 is 35.2. The first-order valence-electron chi connectivity index (χ1n) is 8.11. The number of hydrogen-bond acceptors (Lipinski definition) is 4. The lowest BCUT2D eigenvalue weighted by molar-refractivity contribution is -0.0289. The van der Waals surface area contributed by atoms with E-state index in [1.165, 1.54) is 4.31 Å². The van der Waals surface area contributed by atoms with Crippen molar-refractivity contribution in [3.8, 4) is 0 Å². The molecule has 0 aliphatic carbocycles. The SMILES string of the molecule is CC1COC(c2ccccc2)CN1S(=O)(=O)c1cn(C(C)C)cn1. The zero-order valence-corrected chi connectivity index (χ0v) is 15.0. The van der Waals surface area contributed by atoms with E-state index in [1.807, 2.05) is 51.1 Å². The van der Waals surface area contributed by atoms with Crippen LogP contribution in [-0.4, -0.2) is 41.5 Å². The Labute approximate surface area is 143 Å². The highest BCUT2D eigenvalue weighted by molar-refractivity contribution is 7.89. The van der Waals surface area contributed by atoms with E-state index >= 15 is 0 Å². The minimum absolute atomic E-state index is 0.0942. The van der Waals surface area contributed by atoms with E-state index < -0.39 is 10.0 Å². The van der Waals surface area contributed by atoms with E-state index in [-0.39, 0.29) is 23.2 Å². The van der Waals surface area contributed by atoms with Gasteiger partial charge in [0.2, 0.25) is 0 Å². The molecule has 0 spiro atoms. The molecule has 3 rings (SSSR count). The van der Waals surface area contributed by atoms with Crippen molar-refractivity contribution in [3.05, 3.63) is 48.4 Å². The molecule has 1 aliphatic heterocycles. The van der Waals surface area contributed by atoms with Gasteiger partial charge in [-0.25, -0.2) is 13.4 Å². The van der Waals surface area contributed by atoms with Crippen molar-refractivity contribution < 1.29 is 13.2 Å². The first-order valence-corrected chi connectivity index (χ1v) is 9.55. The molecule has 6 nitrogen and oxygen atoms in total. The van der Waals surface area contributed by atoms with Gasteiger partial charge in [-0.15, -0.1) is 0 Å². The number of ether oxygens (including phenoxy) is 1. The summed E-state index contributed by atoms with van der Waals surface area (Å²) in [7, 11) is -3.64. The fraction of sp³-hybridized carbons (Fsp3) is 0.471. The van der Waals surface area contributed by atoms with E-state index in [1.54, 1.807) is 17.1 Å². The molecule has 1 fully saturated rings. The Morgan fingerprint density at radius 2 is 1.96 bits per heavy atom. The molecule has 24 heavy (non-hydrogen) atoms. The Morgan fingerprint density at radius 1 is 1.25 bits per heavy atom. The predicted molar refractivity (Wildman–Crippen MR) is 91.1 cm³/mol. The van der Waals surface area contributed by atoms with Crippen molar-refractivity contribution in [1.29, 1.82) is 0 Å². The Balaban J connectivity index is 1.87. The van der Waals surface area contributed by atoms with Crippen molar-refractivity contribution in [2.45, 2.75) is 44.0 Å². The van der Waals surface area contributed by atoms with Gasteiger partial charge in [0.1, 0.15) is 0 Å². The second kappa shape index (κ2) is 6.66. The minimum atomic E-state index is -3.64. The maximum Gasteiger partial charge on any atom is 0.262 e. The van der Waals surface area contributed by atoms with Crippen LogP contribution in [0, 0.1) is 0 Å². The third kappa shape index (κ3) is 3.24. The number of benzene rings is 1. The first kappa shape index (κ1) is 17.1. The number of morpholine rings is 1. The molecule has 0 radical (unpaired) electrons. The quantitative estimate of drug-likeness (QED) is 0.851. The van der Waals surface area contributed by atoms with Crippen molar-refractivity contribution in [2.24, 2.45) is 0 Å². The van der Waals surface area contributed by atoms with Gasteiger partial charge < -0.3 is 9.30 Å². The zero-order valence-electron chi connectivity index (χ0n) is 14.2. The maximum absolute atomic E-state index is 13.0. The summed E-state index contributed by atoms with van der Waals surface area (Å²) >= 11 is 0. The fourth-order valence-electron chi connectivity index (χ4n) is 2.79. The molecule has 2 aromatic rings. The molecule has 2 heterocycles. The second-order valence-electron chi connectivity index (χ2n) is 6.41. The van der Waals surface area contributed by atoms with Crippen LogP contribution in [0.5, 0.6) is 0 Å². The van der Waals surface area contributed by atoms with Crippen LogP contribution in [0.4, 0.5) is 0 Å². The lowest BCUT2D eigenvalue weighted by atomic mass is 10.1. The minimum Gasteiger partial charge on any atom is -0.370 e. The van der Waals surface area contributed by atoms with Crippen LogP contribution in [0.15, 0.2) is 47.9 Å². The number of imidazole rings is 1. The molecule has 1 saturated heterocycles. The van der Waals surface area contributed by atoms with Gasteiger partial charge in [0.15, 0.2) is 5.03 Å². The third-order valence-electron chi connectivity index (χ3n) is 4.29. The average molecular weight is 349 g/mol. The normalized spacial score (nSPS) is 22.8. The number of aromatic nitrogens is 2. The highest BCUT2D eigenvalue weighted by atomic mass is 32.2. The smallest absolute Gasteiger partial charge is 0.262 e. The molecule has 0 bridgehead atoms. The summed E-state index contributed by atoms with van der Waals surface area (Å²) in [6, 6.07) is 9.65. The molecule has 0 saturated carbocycles. The van der Waals surface area contributed by atoms with Gasteiger partial charge in [-0.1, -0.05) is 30.3 Å². The molecule has 7 heteroatoms. The van der Waals surface area contributed by atoms with Crippen LogP contribution in [0.2, 0.25) is 0 Å². The Bertz CT molecular complexity index is 786. The van der Waals surface area contributed by atoms with Gasteiger partial charge in [-0.3, -0.25) is 0 Å². The zero-order chi connectivity index (χ0) is 17.3. The van der Waals surface area contributed by atoms with Crippen LogP contribution in [0.1, 0.15) is 38.5 Å². The molecule has 130 valence electrons. The van der Waals surface area contributed by atoms with Gasteiger partial charge in [0.25, 0.3) is 10.0 Å². The number of nitrogens with zero attached hydrogens (tertiary/aromatic N) is 3. The van der Waals surface area contributed by atoms with Gasteiger partial charge in [0.05, 0.1) is 19.0 Å².